The van der Waals surface area contributed by atoms with Gasteiger partial charge in [0.1, 0.15) is 0 Å². The van der Waals surface area contributed by atoms with Gasteiger partial charge in [0, 0.05) is 0 Å². The Labute approximate surface area is 135 Å². The number of rotatable bonds is 4. The average molecular weight is 367 g/mol. The molecule has 1 aliphatic heterocycles. The van der Waals surface area contributed by atoms with Crippen molar-refractivity contribution in [3.05, 3.63) is 23.3 Å². The maximum absolute atomic E-state index is 12.6. The zero-order chi connectivity index (χ0) is 16.5. The fourth-order valence-corrected chi connectivity index (χ4v) is 3.91. The van der Waals surface area contributed by atoms with Crippen LogP contribution in [0.15, 0.2) is 12.1 Å². The van der Waals surface area contributed by atoms with Gasteiger partial charge in [-0.1, -0.05) is 0 Å². The summed E-state index contributed by atoms with van der Waals surface area (Å²) in [6.07, 6.45) is 0. The molecule has 0 N–H and O–H groups in total. The van der Waals surface area contributed by atoms with Gasteiger partial charge in [0.05, 0.1) is 0 Å². The van der Waals surface area contributed by atoms with Crippen LogP contribution in [-0.2, 0) is 10.2 Å². The van der Waals surface area contributed by atoms with E-state index in [2.05, 4.69) is 4.97 Å². The van der Waals surface area contributed by atoms with E-state index < -0.39 is 5.41 Å². The number of fused-ring (bicyclic) bond motifs is 1. The molecule has 0 saturated heterocycles. The molecule has 1 atom stereocenters. The molecule has 1 unspecified atom stereocenters. The minimum absolute atomic E-state index is 0.297. The van der Waals surface area contributed by atoms with Crippen LogP contribution in [0.4, 0.5) is 0 Å². The molecule has 0 fully saturated rings. The van der Waals surface area contributed by atoms with Crippen molar-refractivity contribution in [1.29, 1.82) is 5.26 Å². The van der Waals surface area contributed by atoms with E-state index in [9.17, 15) is 9.59 Å². The Morgan fingerprint density at radius 2 is 1.86 bits per heavy atom. The molecule has 2 amide bonds. The van der Waals surface area contributed by atoms with E-state index in [0.717, 1.165) is 4.90 Å². The zero-order valence-corrected chi connectivity index (χ0v) is 14.5. The standard InChI is InChI=1S/C15H16N2O4Se/c1-15(7-22-8-16)10-6-12(21-4)11(20-3)5-9(10)13(18)17(2)14(15)19/h5-6H,7H2,1-4H3. The first-order valence-corrected chi connectivity index (χ1v) is 8.57. The molecular formula is C15H16N2O4Se. The van der Waals surface area contributed by atoms with E-state index in [0.29, 0.717) is 27.9 Å². The Morgan fingerprint density at radius 1 is 1.27 bits per heavy atom. The molecule has 0 bridgehead atoms. The molecule has 1 aromatic carbocycles. The van der Waals surface area contributed by atoms with E-state index in [1.807, 2.05) is 0 Å². The van der Waals surface area contributed by atoms with Crippen molar-refractivity contribution in [3.8, 4) is 16.5 Å². The number of amides is 2. The summed E-state index contributed by atoms with van der Waals surface area (Å²) in [5.41, 5.74) is 0.0964. The number of methoxy groups -OCH3 is 2. The summed E-state index contributed by atoms with van der Waals surface area (Å²) in [5.74, 6) is 0.227. The fourth-order valence-electron chi connectivity index (χ4n) is 2.59. The van der Waals surface area contributed by atoms with Gasteiger partial charge in [0.2, 0.25) is 0 Å². The minimum atomic E-state index is -0.909. The first-order chi connectivity index (χ1) is 10.4. The van der Waals surface area contributed by atoms with Gasteiger partial charge in [0.15, 0.2) is 0 Å². The molecule has 0 radical (unpaired) electrons. The van der Waals surface area contributed by atoms with Crippen LogP contribution in [0.3, 0.4) is 0 Å². The Balaban J connectivity index is 2.71. The molecule has 0 spiro atoms. The number of ether oxygens (including phenoxy) is 2. The fraction of sp³-hybridized carbons (Fsp3) is 0.400. The molecule has 22 heavy (non-hydrogen) atoms. The summed E-state index contributed by atoms with van der Waals surface area (Å²) >= 11 is -0.351. The van der Waals surface area contributed by atoms with E-state index in [-0.39, 0.29) is 26.8 Å². The number of nitrogens with zero attached hydrogens (tertiary/aromatic N) is 2. The van der Waals surface area contributed by atoms with Crippen LogP contribution >= 0.6 is 0 Å². The summed E-state index contributed by atoms with van der Waals surface area (Å²) in [7, 11) is 4.45. The molecule has 2 rings (SSSR count). The van der Waals surface area contributed by atoms with Crippen LogP contribution in [0, 0.1) is 10.2 Å². The number of carbonyl (C=O) groups excluding carboxylic acids is 2. The number of nitriles is 1. The normalized spacial score (nSPS) is 20.4. The Bertz CT molecular complexity index is 683. The van der Waals surface area contributed by atoms with E-state index in [4.69, 9.17) is 14.7 Å². The molecule has 0 saturated carbocycles. The monoisotopic (exact) mass is 368 g/mol. The number of hydrogen-bond acceptors (Lipinski definition) is 5. The molecular weight excluding hydrogens is 351 g/mol. The van der Waals surface area contributed by atoms with Crippen molar-refractivity contribution in [2.45, 2.75) is 17.7 Å². The molecule has 116 valence electrons. The Kier molecular flexibility index (Phi) is 4.45. The van der Waals surface area contributed by atoms with Gasteiger partial charge in [-0.05, 0) is 0 Å². The van der Waals surface area contributed by atoms with E-state index >= 15 is 0 Å². The van der Waals surface area contributed by atoms with Crippen molar-refractivity contribution in [1.82, 2.24) is 4.90 Å². The number of hydrogen-bond donors (Lipinski definition) is 0. The molecule has 0 aliphatic carbocycles. The van der Waals surface area contributed by atoms with Crippen LogP contribution in [-0.4, -0.2) is 52.9 Å². The Morgan fingerprint density at radius 3 is 2.41 bits per heavy atom. The molecule has 6 nitrogen and oxygen atoms in total. The SMILES string of the molecule is COc1cc2c(cc1OC)C(C)(C[Se]C#N)C(=O)N(C)C2=O. The van der Waals surface area contributed by atoms with Gasteiger partial charge in [-0.15, -0.1) is 0 Å². The van der Waals surface area contributed by atoms with Gasteiger partial charge in [-0.3, -0.25) is 0 Å². The summed E-state index contributed by atoms with van der Waals surface area (Å²) in [5, 5.41) is 9.29. The maximum atomic E-state index is 12.6. The number of likely N-dealkylation sites (N-methyl/N-ethyl adjacent to an activating group) is 1. The predicted molar refractivity (Wildman–Crippen MR) is 80.2 cm³/mol. The molecule has 0 aromatic heterocycles. The van der Waals surface area contributed by atoms with Crippen molar-refractivity contribution >= 4 is 26.8 Å². The number of carbonyl (C=O) groups is 2. The number of imide groups is 1. The zero-order valence-electron chi connectivity index (χ0n) is 12.8. The van der Waals surface area contributed by atoms with Crippen LogP contribution < -0.4 is 9.47 Å². The second kappa shape index (κ2) is 5.99. The topological polar surface area (TPSA) is 79.6 Å². The number of benzene rings is 1. The van der Waals surface area contributed by atoms with Gasteiger partial charge < -0.3 is 0 Å². The van der Waals surface area contributed by atoms with Crippen LogP contribution in [0.1, 0.15) is 22.8 Å². The summed E-state index contributed by atoms with van der Waals surface area (Å²) < 4.78 is 10.5. The van der Waals surface area contributed by atoms with Gasteiger partial charge >= 0.3 is 135 Å². The summed E-state index contributed by atoms with van der Waals surface area (Å²) in [6.45, 7) is 1.77. The van der Waals surface area contributed by atoms with Gasteiger partial charge in [-0.25, -0.2) is 0 Å². The Hall–Kier alpha value is -2.03. The summed E-state index contributed by atoms with van der Waals surface area (Å²) in [6, 6.07) is 3.27. The molecule has 1 aliphatic rings. The van der Waals surface area contributed by atoms with Crippen molar-refractivity contribution in [3.63, 3.8) is 0 Å². The van der Waals surface area contributed by atoms with Crippen molar-refractivity contribution in [2.75, 3.05) is 21.3 Å². The predicted octanol–water partition coefficient (Wildman–Crippen LogP) is 1.18. The third-order valence-electron chi connectivity index (χ3n) is 3.86. The van der Waals surface area contributed by atoms with Crippen LogP contribution in [0.2, 0.25) is 5.32 Å². The molecule has 7 heteroatoms. The van der Waals surface area contributed by atoms with E-state index in [1.54, 1.807) is 19.1 Å². The third-order valence-corrected chi connectivity index (χ3v) is 5.64. The molecule has 1 aromatic rings. The van der Waals surface area contributed by atoms with E-state index in [1.165, 1.54) is 21.3 Å². The van der Waals surface area contributed by atoms with Gasteiger partial charge in [0.25, 0.3) is 0 Å². The summed E-state index contributed by atoms with van der Waals surface area (Å²) in [4.78, 5) is 28.3. The second-order valence-corrected chi connectivity index (χ2v) is 6.73. The molecule has 1 heterocycles. The quantitative estimate of drug-likeness (QED) is 0.590. The first-order valence-electron chi connectivity index (χ1n) is 6.50. The van der Waals surface area contributed by atoms with Crippen molar-refractivity contribution < 1.29 is 19.1 Å². The second-order valence-electron chi connectivity index (χ2n) is 5.13. The van der Waals surface area contributed by atoms with Gasteiger partial charge in [-0.2, -0.15) is 0 Å². The third kappa shape index (κ3) is 2.35. The van der Waals surface area contributed by atoms with Crippen LogP contribution in [0.5, 0.6) is 11.5 Å². The van der Waals surface area contributed by atoms with Crippen molar-refractivity contribution in [2.24, 2.45) is 0 Å². The first kappa shape index (κ1) is 16.3. The van der Waals surface area contributed by atoms with Crippen LogP contribution in [0.25, 0.3) is 0 Å². The average Bonchev–Trinajstić information content (AvgIpc) is 2.55.